The average molecular weight is 400 g/mol. The first-order valence-corrected chi connectivity index (χ1v) is 9.44. The molecule has 2 aromatic heterocycles. The molecular formula is C21H24N2O6. The van der Waals surface area contributed by atoms with Crippen LogP contribution in [0.25, 0.3) is 0 Å². The number of carbonyl (C=O) groups excluding carboxylic acids is 4. The Labute approximate surface area is 168 Å². The van der Waals surface area contributed by atoms with Crippen LogP contribution >= 0.6 is 0 Å². The van der Waals surface area contributed by atoms with Crippen molar-refractivity contribution in [1.82, 2.24) is 9.88 Å². The summed E-state index contributed by atoms with van der Waals surface area (Å²) in [6.07, 6.45) is 0.528. The van der Waals surface area contributed by atoms with E-state index in [4.69, 9.17) is 9.15 Å². The van der Waals surface area contributed by atoms with Crippen LogP contribution in [-0.4, -0.2) is 46.0 Å². The van der Waals surface area contributed by atoms with Crippen LogP contribution < -0.4 is 0 Å². The van der Waals surface area contributed by atoms with Crippen LogP contribution in [0.3, 0.4) is 0 Å². The summed E-state index contributed by atoms with van der Waals surface area (Å²) in [5.41, 5.74) is 1.88. The van der Waals surface area contributed by atoms with E-state index in [-0.39, 0.29) is 30.3 Å². The Morgan fingerprint density at radius 2 is 2.07 bits per heavy atom. The molecule has 0 saturated carbocycles. The molecule has 0 aromatic carbocycles. The molecule has 154 valence electrons. The zero-order chi connectivity index (χ0) is 21.3. The average Bonchev–Trinajstić information content (AvgIpc) is 3.35. The topological polar surface area (TPSA) is 110 Å². The standard InChI is InChI=1S/C21H24N2O6/c1-11-18(13(3)24)12(2)22-19(11)20(26)14(4)29-21(27)15-8-17(25)23(9-15)10-16-6-5-7-28-16/h5-7,14-15,22H,8-10H2,1-4H3/t14-,15+/m0/s1. The molecule has 0 spiro atoms. The Morgan fingerprint density at radius 1 is 1.34 bits per heavy atom. The van der Waals surface area contributed by atoms with Gasteiger partial charge in [-0.3, -0.25) is 19.2 Å². The van der Waals surface area contributed by atoms with Gasteiger partial charge in [0.05, 0.1) is 24.4 Å². The molecule has 1 fully saturated rings. The number of amides is 1. The Bertz CT molecular complexity index is 956. The number of furan rings is 1. The second-order valence-corrected chi connectivity index (χ2v) is 7.38. The molecule has 1 amide bonds. The lowest BCUT2D eigenvalue weighted by Crippen LogP contribution is -2.30. The number of esters is 1. The first kappa shape index (κ1) is 20.6. The molecule has 0 aliphatic carbocycles. The van der Waals surface area contributed by atoms with Crippen molar-refractivity contribution in [2.45, 2.75) is 46.8 Å². The predicted molar refractivity (Wildman–Crippen MR) is 102 cm³/mol. The summed E-state index contributed by atoms with van der Waals surface area (Å²) in [5, 5.41) is 0. The molecule has 1 N–H and O–H groups in total. The highest BCUT2D eigenvalue weighted by Gasteiger charge is 2.37. The second-order valence-electron chi connectivity index (χ2n) is 7.38. The van der Waals surface area contributed by atoms with Crippen molar-refractivity contribution in [1.29, 1.82) is 0 Å². The van der Waals surface area contributed by atoms with Crippen molar-refractivity contribution in [2.24, 2.45) is 5.92 Å². The lowest BCUT2D eigenvalue weighted by atomic mass is 10.0. The van der Waals surface area contributed by atoms with E-state index < -0.39 is 23.8 Å². The fraction of sp³-hybridized carbons (Fsp3) is 0.429. The van der Waals surface area contributed by atoms with Crippen molar-refractivity contribution in [2.75, 3.05) is 6.54 Å². The molecule has 1 saturated heterocycles. The van der Waals surface area contributed by atoms with Crippen LogP contribution in [0.15, 0.2) is 22.8 Å². The zero-order valence-electron chi connectivity index (χ0n) is 16.9. The van der Waals surface area contributed by atoms with Crippen LogP contribution in [0.5, 0.6) is 0 Å². The van der Waals surface area contributed by atoms with Gasteiger partial charge in [0.2, 0.25) is 11.7 Å². The molecule has 1 aliphatic heterocycles. The van der Waals surface area contributed by atoms with Gasteiger partial charge in [0, 0.05) is 24.2 Å². The SMILES string of the molecule is CC(=O)c1c(C)[nH]c(C(=O)[C@H](C)OC(=O)[C@@H]2CC(=O)N(Cc3ccco3)C2)c1C. The van der Waals surface area contributed by atoms with Gasteiger partial charge >= 0.3 is 5.97 Å². The third-order valence-electron chi connectivity index (χ3n) is 5.17. The fourth-order valence-electron chi connectivity index (χ4n) is 3.73. The third-order valence-corrected chi connectivity index (χ3v) is 5.17. The van der Waals surface area contributed by atoms with Crippen molar-refractivity contribution in [3.8, 4) is 0 Å². The highest BCUT2D eigenvalue weighted by Crippen LogP contribution is 2.24. The van der Waals surface area contributed by atoms with Gasteiger partial charge < -0.3 is 19.0 Å². The monoisotopic (exact) mass is 400 g/mol. The minimum Gasteiger partial charge on any atom is -0.467 e. The maximum Gasteiger partial charge on any atom is 0.311 e. The molecule has 3 heterocycles. The lowest BCUT2D eigenvalue weighted by Gasteiger charge is -2.16. The van der Waals surface area contributed by atoms with E-state index in [1.165, 1.54) is 25.0 Å². The molecule has 0 bridgehead atoms. The Hall–Kier alpha value is -3.16. The molecule has 0 unspecified atom stereocenters. The number of aryl methyl sites for hydroxylation is 1. The number of hydrogen-bond donors (Lipinski definition) is 1. The van der Waals surface area contributed by atoms with E-state index in [0.717, 1.165) is 0 Å². The highest BCUT2D eigenvalue weighted by atomic mass is 16.5. The largest absolute Gasteiger partial charge is 0.467 e. The van der Waals surface area contributed by atoms with Crippen molar-refractivity contribution in [3.05, 3.63) is 46.7 Å². The van der Waals surface area contributed by atoms with Crippen LogP contribution in [-0.2, 0) is 20.9 Å². The molecular weight excluding hydrogens is 376 g/mol. The second kappa shape index (κ2) is 8.06. The number of Topliss-reactive ketones (excluding diaryl/α,β-unsaturated/α-hetero) is 2. The quantitative estimate of drug-likeness (QED) is 0.565. The number of aromatic amines is 1. The Kier molecular flexibility index (Phi) is 5.72. The Balaban J connectivity index is 1.63. The highest BCUT2D eigenvalue weighted by molar-refractivity contribution is 6.05. The molecule has 1 aliphatic rings. The van der Waals surface area contributed by atoms with Crippen LogP contribution in [0, 0.1) is 19.8 Å². The lowest BCUT2D eigenvalue weighted by molar-refractivity contribution is -0.151. The van der Waals surface area contributed by atoms with Crippen LogP contribution in [0.4, 0.5) is 0 Å². The maximum atomic E-state index is 12.7. The molecule has 8 nitrogen and oxygen atoms in total. The van der Waals surface area contributed by atoms with E-state index in [2.05, 4.69) is 4.98 Å². The summed E-state index contributed by atoms with van der Waals surface area (Å²) in [7, 11) is 0. The summed E-state index contributed by atoms with van der Waals surface area (Å²) in [6, 6.07) is 3.49. The molecule has 0 radical (unpaired) electrons. The molecule has 3 rings (SSSR count). The van der Waals surface area contributed by atoms with E-state index in [1.54, 1.807) is 26.0 Å². The number of nitrogens with zero attached hydrogens (tertiary/aromatic N) is 1. The van der Waals surface area contributed by atoms with E-state index >= 15 is 0 Å². The minimum absolute atomic E-state index is 0.0373. The van der Waals surface area contributed by atoms with Gasteiger partial charge in [-0.25, -0.2) is 0 Å². The number of hydrogen-bond acceptors (Lipinski definition) is 6. The third kappa shape index (κ3) is 4.16. The van der Waals surface area contributed by atoms with Gasteiger partial charge in [-0.15, -0.1) is 0 Å². The van der Waals surface area contributed by atoms with Crippen molar-refractivity contribution >= 4 is 23.4 Å². The van der Waals surface area contributed by atoms with Gasteiger partial charge in [0.15, 0.2) is 11.9 Å². The minimum atomic E-state index is -1.03. The van der Waals surface area contributed by atoms with Gasteiger partial charge in [0.1, 0.15) is 5.76 Å². The summed E-state index contributed by atoms with van der Waals surface area (Å²) in [6.45, 7) is 6.83. The summed E-state index contributed by atoms with van der Waals surface area (Å²) < 4.78 is 10.6. The molecule has 8 heteroatoms. The summed E-state index contributed by atoms with van der Waals surface area (Å²) >= 11 is 0. The number of likely N-dealkylation sites (tertiary alicyclic amines) is 1. The van der Waals surface area contributed by atoms with Gasteiger partial charge in [0.25, 0.3) is 0 Å². The number of ether oxygens (including phenoxy) is 1. The van der Waals surface area contributed by atoms with Crippen LogP contribution in [0.2, 0.25) is 0 Å². The van der Waals surface area contributed by atoms with Crippen LogP contribution in [0.1, 0.15) is 58.1 Å². The fourth-order valence-corrected chi connectivity index (χ4v) is 3.73. The predicted octanol–water partition coefficient (Wildman–Crippen LogP) is 2.59. The van der Waals surface area contributed by atoms with E-state index in [1.807, 2.05) is 0 Å². The van der Waals surface area contributed by atoms with Crippen molar-refractivity contribution in [3.63, 3.8) is 0 Å². The summed E-state index contributed by atoms with van der Waals surface area (Å²) in [4.78, 5) is 53.6. The molecule has 2 atom stereocenters. The van der Waals surface area contributed by atoms with Gasteiger partial charge in [-0.2, -0.15) is 0 Å². The number of nitrogens with one attached hydrogen (secondary N) is 1. The number of rotatable bonds is 7. The summed E-state index contributed by atoms with van der Waals surface area (Å²) in [5.74, 6) is -1.30. The first-order chi connectivity index (χ1) is 13.7. The smallest absolute Gasteiger partial charge is 0.311 e. The van der Waals surface area contributed by atoms with E-state index in [0.29, 0.717) is 29.1 Å². The number of carbonyl (C=O) groups is 4. The van der Waals surface area contributed by atoms with Gasteiger partial charge in [-0.1, -0.05) is 0 Å². The normalized spacial score (nSPS) is 17.4. The molecule has 29 heavy (non-hydrogen) atoms. The molecule has 2 aromatic rings. The van der Waals surface area contributed by atoms with E-state index in [9.17, 15) is 19.2 Å². The maximum absolute atomic E-state index is 12.7. The van der Waals surface area contributed by atoms with Crippen molar-refractivity contribution < 1.29 is 28.3 Å². The first-order valence-electron chi connectivity index (χ1n) is 9.44. The van der Waals surface area contributed by atoms with Gasteiger partial charge in [-0.05, 0) is 45.4 Å². The zero-order valence-corrected chi connectivity index (χ0v) is 16.9. The Morgan fingerprint density at radius 3 is 2.66 bits per heavy atom. The number of ketones is 2. The number of H-pyrrole nitrogens is 1. The number of aromatic nitrogens is 1.